The van der Waals surface area contributed by atoms with Gasteiger partial charge in [-0.25, -0.2) is 0 Å². The van der Waals surface area contributed by atoms with Gasteiger partial charge in [-0.05, 0) is 37.0 Å². The number of carbonyl (C=O) groups is 1. The SMILES string of the molecule is CC(C)(C)C1CCC(c2noc(C=O)n2)CC1. The molecule has 4 nitrogen and oxygen atoms in total. The molecule has 0 spiro atoms. The van der Waals surface area contributed by atoms with E-state index in [0.29, 0.717) is 23.4 Å². The monoisotopic (exact) mass is 236 g/mol. The summed E-state index contributed by atoms with van der Waals surface area (Å²) >= 11 is 0. The van der Waals surface area contributed by atoms with E-state index >= 15 is 0 Å². The van der Waals surface area contributed by atoms with Gasteiger partial charge in [-0.3, -0.25) is 4.79 Å². The van der Waals surface area contributed by atoms with Crippen molar-refractivity contribution in [1.82, 2.24) is 10.1 Å². The quantitative estimate of drug-likeness (QED) is 0.740. The van der Waals surface area contributed by atoms with Crippen molar-refractivity contribution in [3.05, 3.63) is 11.7 Å². The normalized spacial score (nSPS) is 25.8. The van der Waals surface area contributed by atoms with Crippen LogP contribution in [0.1, 0.15) is 68.9 Å². The molecule has 0 unspecified atom stereocenters. The van der Waals surface area contributed by atoms with Gasteiger partial charge < -0.3 is 4.52 Å². The van der Waals surface area contributed by atoms with Crippen molar-refractivity contribution in [3.63, 3.8) is 0 Å². The predicted molar refractivity (Wildman–Crippen MR) is 63.8 cm³/mol. The number of hydrogen-bond acceptors (Lipinski definition) is 4. The van der Waals surface area contributed by atoms with Crippen LogP contribution in [0, 0.1) is 11.3 Å². The van der Waals surface area contributed by atoms with Crippen LogP contribution in [0.4, 0.5) is 0 Å². The molecule has 1 saturated carbocycles. The molecule has 1 aliphatic carbocycles. The van der Waals surface area contributed by atoms with Gasteiger partial charge in [-0.1, -0.05) is 25.9 Å². The molecule has 1 aliphatic rings. The molecule has 0 aliphatic heterocycles. The first kappa shape index (κ1) is 12.3. The Bertz CT molecular complexity index is 384. The molecule has 0 atom stereocenters. The fourth-order valence-electron chi connectivity index (χ4n) is 2.68. The van der Waals surface area contributed by atoms with Crippen LogP contribution < -0.4 is 0 Å². The molecule has 4 heteroatoms. The fraction of sp³-hybridized carbons (Fsp3) is 0.769. The maximum Gasteiger partial charge on any atom is 0.290 e. The highest BCUT2D eigenvalue weighted by molar-refractivity contribution is 5.66. The van der Waals surface area contributed by atoms with Crippen molar-refractivity contribution in [2.45, 2.75) is 52.4 Å². The molecular formula is C13H20N2O2. The number of rotatable bonds is 2. The Hall–Kier alpha value is -1.19. The molecule has 94 valence electrons. The summed E-state index contributed by atoms with van der Waals surface area (Å²) in [5.74, 6) is 1.94. The van der Waals surface area contributed by atoms with Gasteiger partial charge in [0.2, 0.25) is 6.29 Å². The Balaban J connectivity index is 1.97. The third-order valence-corrected chi connectivity index (χ3v) is 3.88. The second-order valence-electron chi connectivity index (χ2n) is 6.02. The maximum absolute atomic E-state index is 10.5. The second-order valence-corrected chi connectivity index (χ2v) is 6.02. The van der Waals surface area contributed by atoms with Crippen LogP contribution in [0.3, 0.4) is 0 Å². The van der Waals surface area contributed by atoms with Crippen LogP contribution in [-0.2, 0) is 0 Å². The Labute approximate surface area is 102 Å². The number of aromatic nitrogens is 2. The third kappa shape index (κ3) is 2.73. The number of carbonyl (C=O) groups excluding carboxylic acids is 1. The molecule has 1 fully saturated rings. The summed E-state index contributed by atoms with van der Waals surface area (Å²) in [6, 6.07) is 0. The Morgan fingerprint density at radius 3 is 2.35 bits per heavy atom. The van der Waals surface area contributed by atoms with E-state index in [1.807, 2.05) is 0 Å². The topological polar surface area (TPSA) is 56.0 Å². The molecule has 1 aromatic heterocycles. The number of nitrogens with zero attached hydrogens (tertiary/aromatic N) is 2. The van der Waals surface area contributed by atoms with Crippen LogP contribution in [0.2, 0.25) is 0 Å². The zero-order chi connectivity index (χ0) is 12.5. The van der Waals surface area contributed by atoms with Crippen molar-refractivity contribution < 1.29 is 9.32 Å². The minimum Gasteiger partial charge on any atom is -0.331 e. The lowest BCUT2D eigenvalue weighted by Crippen LogP contribution is -2.25. The summed E-state index contributed by atoms with van der Waals surface area (Å²) in [7, 11) is 0. The summed E-state index contributed by atoms with van der Waals surface area (Å²) in [4.78, 5) is 14.6. The lowest BCUT2D eigenvalue weighted by atomic mass is 9.70. The minimum absolute atomic E-state index is 0.0953. The highest BCUT2D eigenvalue weighted by Gasteiger charge is 2.31. The lowest BCUT2D eigenvalue weighted by molar-refractivity contribution is 0.108. The van der Waals surface area contributed by atoms with E-state index in [1.54, 1.807) is 0 Å². The van der Waals surface area contributed by atoms with Gasteiger partial charge in [0.25, 0.3) is 5.89 Å². The van der Waals surface area contributed by atoms with E-state index in [-0.39, 0.29) is 5.89 Å². The molecular weight excluding hydrogens is 216 g/mol. The number of aldehydes is 1. The summed E-state index contributed by atoms with van der Waals surface area (Å²) in [5.41, 5.74) is 0.385. The van der Waals surface area contributed by atoms with Gasteiger partial charge in [-0.2, -0.15) is 4.98 Å². The average Bonchev–Trinajstić information content (AvgIpc) is 2.76. The highest BCUT2D eigenvalue weighted by atomic mass is 16.5. The molecule has 0 radical (unpaired) electrons. The van der Waals surface area contributed by atoms with Crippen molar-refractivity contribution >= 4 is 6.29 Å². The van der Waals surface area contributed by atoms with Crippen LogP contribution in [0.25, 0.3) is 0 Å². The van der Waals surface area contributed by atoms with E-state index in [9.17, 15) is 4.79 Å². The number of hydrogen-bond donors (Lipinski definition) is 0. The summed E-state index contributed by atoms with van der Waals surface area (Å²) in [6.07, 6.45) is 5.22. The van der Waals surface area contributed by atoms with Crippen LogP contribution in [0.15, 0.2) is 4.52 Å². The fourth-order valence-corrected chi connectivity index (χ4v) is 2.68. The third-order valence-electron chi connectivity index (χ3n) is 3.88. The van der Waals surface area contributed by atoms with Crippen LogP contribution in [-0.4, -0.2) is 16.4 Å². The summed E-state index contributed by atoms with van der Waals surface area (Å²) < 4.78 is 4.83. The summed E-state index contributed by atoms with van der Waals surface area (Å²) in [5, 5.41) is 3.88. The second kappa shape index (κ2) is 4.59. The minimum atomic E-state index is 0.0953. The summed E-state index contributed by atoms with van der Waals surface area (Å²) in [6.45, 7) is 6.91. The van der Waals surface area contributed by atoms with Gasteiger partial charge >= 0.3 is 0 Å². The molecule has 1 aromatic rings. The van der Waals surface area contributed by atoms with E-state index in [1.165, 1.54) is 12.8 Å². The maximum atomic E-state index is 10.5. The average molecular weight is 236 g/mol. The zero-order valence-corrected chi connectivity index (χ0v) is 10.8. The first-order valence-corrected chi connectivity index (χ1v) is 6.29. The van der Waals surface area contributed by atoms with E-state index in [4.69, 9.17) is 4.52 Å². The molecule has 0 aromatic carbocycles. The molecule has 0 saturated heterocycles. The Morgan fingerprint density at radius 1 is 1.24 bits per heavy atom. The standard InChI is InChI=1S/C13H20N2O2/c1-13(2,3)10-6-4-9(5-7-10)12-14-11(8-16)17-15-12/h8-10H,4-7H2,1-3H3. The molecule has 0 N–H and O–H groups in total. The van der Waals surface area contributed by atoms with Crippen LogP contribution in [0.5, 0.6) is 0 Å². The van der Waals surface area contributed by atoms with E-state index in [2.05, 4.69) is 30.9 Å². The molecule has 0 amide bonds. The molecule has 0 bridgehead atoms. The van der Waals surface area contributed by atoms with Crippen molar-refractivity contribution in [3.8, 4) is 0 Å². The molecule has 1 heterocycles. The van der Waals surface area contributed by atoms with Crippen molar-refractivity contribution in [2.75, 3.05) is 0 Å². The Morgan fingerprint density at radius 2 is 1.88 bits per heavy atom. The predicted octanol–water partition coefficient (Wildman–Crippen LogP) is 3.20. The highest BCUT2D eigenvalue weighted by Crippen LogP contribution is 2.42. The smallest absolute Gasteiger partial charge is 0.290 e. The largest absolute Gasteiger partial charge is 0.331 e. The van der Waals surface area contributed by atoms with Gasteiger partial charge in [0.05, 0.1) is 0 Å². The zero-order valence-electron chi connectivity index (χ0n) is 10.8. The van der Waals surface area contributed by atoms with Gasteiger partial charge in [0.1, 0.15) is 0 Å². The van der Waals surface area contributed by atoms with E-state index < -0.39 is 0 Å². The lowest BCUT2D eigenvalue weighted by Gasteiger charge is -2.36. The van der Waals surface area contributed by atoms with Gasteiger partial charge in [0.15, 0.2) is 5.82 Å². The first-order chi connectivity index (χ1) is 8.00. The van der Waals surface area contributed by atoms with Gasteiger partial charge in [0, 0.05) is 5.92 Å². The van der Waals surface area contributed by atoms with Crippen molar-refractivity contribution in [2.24, 2.45) is 11.3 Å². The van der Waals surface area contributed by atoms with Crippen LogP contribution >= 0.6 is 0 Å². The molecule has 17 heavy (non-hydrogen) atoms. The van der Waals surface area contributed by atoms with Gasteiger partial charge in [-0.15, -0.1) is 0 Å². The first-order valence-electron chi connectivity index (χ1n) is 6.29. The van der Waals surface area contributed by atoms with E-state index in [0.717, 1.165) is 18.8 Å². The Kier molecular flexibility index (Phi) is 3.31. The molecule has 2 rings (SSSR count). The van der Waals surface area contributed by atoms with Crippen molar-refractivity contribution in [1.29, 1.82) is 0 Å².